The highest BCUT2D eigenvalue weighted by Crippen LogP contribution is 2.57. The topological polar surface area (TPSA) is 213 Å². The number of ether oxygens (including phenoxy) is 4. The predicted molar refractivity (Wildman–Crippen MR) is 302 cm³/mol. The number of nitrogens with one attached hydrogen (secondary N) is 1. The summed E-state index contributed by atoms with van der Waals surface area (Å²) in [6, 6.07) is 13.3. The normalized spacial score (nSPS) is 14.4. The van der Waals surface area contributed by atoms with Crippen LogP contribution < -0.4 is 10.1 Å². The number of benzene rings is 3. The van der Waals surface area contributed by atoms with E-state index >= 15 is 0 Å². The number of phenolic OH excluding ortho intramolecular Hbond substituents is 2. The van der Waals surface area contributed by atoms with Crippen LogP contribution in [0.1, 0.15) is 231 Å². The summed E-state index contributed by atoms with van der Waals surface area (Å²) in [5.74, 6) is -2.09. The third-order valence-electron chi connectivity index (χ3n) is 14.1. The number of aromatic hydroxyl groups is 2. The van der Waals surface area contributed by atoms with Crippen molar-refractivity contribution < 1.29 is 66.8 Å². The lowest BCUT2D eigenvalue weighted by molar-refractivity contribution is -0.161. The molecule has 2 unspecified atom stereocenters. The standard InChI is InChI=1S/C62H88NO14P/c1-3-5-7-9-11-13-15-17-19-21-23-25-27-29-31-33-58(66)72-46-51(75-59(67)34-32-30-28-26-24-22-20-18-16-14-12-10-8-6-4-2)47-74-78(70,71)73-42-41-63-60(68)48-35-38-53-52(43-48)61(69)77-62(53)54-39-36-49(64)44-56(54)76-57-45-50(65)37-40-55(57)62/h17-20,35-40,43-45,51,64-65H,3-16,21-34,41-42,46-47H2,1-2H3,(H,63,68)(H,70,71). The zero-order valence-electron chi connectivity index (χ0n) is 46.5. The van der Waals surface area contributed by atoms with Gasteiger partial charge in [0.15, 0.2) is 11.7 Å². The fraction of sp³-hybridized carbons (Fsp3) is 0.581. The lowest BCUT2D eigenvalue weighted by Gasteiger charge is -2.36. The van der Waals surface area contributed by atoms with Crippen LogP contribution in [-0.2, 0) is 43.0 Å². The van der Waals surface area contributed by atoms with Crippen LogP contribution in [0, 0.1) is 0 Å². The van der Waals surface area contributed by atoms with Crippen LogP contribution in [0.15, 0.2) is 78.9 Å². The SMILES string of the molecule is CCCCCCCCC=CCCCCCCCC(=O)OCC(COP(=O)(O)OCCNC(=O)c1ccc2c(c1)C(=O)OC21c2ccc(O)cc2Oc2cc(O)ccc21)OC(=O)CCCCCCCC=CCCCCCCCC. The van der Waals surface area contributed by atoms with Crippen molar-refractivity contribution in [1.82, 2.24) is 5.32 Å². The number of unbranched alkanes of at least 4 members (excludes halogenated alkanes) is 22. The van der Waals surface area contributed by atoms with E-state index in [0.29, 0.717) is 29.5 Å². The molecule has 2 atom stereocenters. The van der Waals surface area contributed by atoms with Gasteiger partial charge in [-0.15, -0.1) is 0 Å². The number of amides is 1. The minimum atomic E-state index is -4.76. The number of carbonyl (C=O) groups is 4. The highest BCUT2D eigenvalue weighted by molar-refractivity contribution is 7.47. The molecular formula is C62H88NO14P. The summed E-state index contributed by atoms with van der Waals surface area (Å²) >= 11 is 0. The number of rotatable bonds is 41. The van der Waals surface area contributed by atoms with E-state index in [4.69, 9.17) is 28.0 Å². The van der Waals surface area contributed by atoms with Gasteiger partial charge in [0.1, 0.15) is 29.6 Å². The Morgan fingerprint density at radius 3 is 1.60 bits per heavy atom. The molecule has 78 heavy (non-hydrogen) atoms. The minimum Gasteiger partial charge on any atom is -0.508 e. The van der Waals surface area contributed by atoms with Crippen LogP contribution in [0.4, 0.5) is 0 Å². The molecule has 4 N–H and O–H groups in total. The van der Waals surface area contributed by atoms with E-state index in [1.165, 1.54) is 113 Å². The van der Waals surface area contributed by atoms with Gasteiger partial charge in [0.25, 0.3) is 5.91 Å². The Hall–Kier alpha value is -5.47. The average molecular weight is 1100 g/mol. The Morgan fingerprint density at radius 2 is 1.08 bits per heavy atom. The lowest BCUT2D eigenvalue weighted by atomic mass is 9.77. The Kier molecular flexibility index (Phi) is 28.6. The predicted octanol–water partition coefficient (Wildman–Crippen LogP) is 15.1. The van der Waals surface area contributed by atoms with Gasteiger partial charge in [-0.05, 0) is 101 Å². The summed E-state index contributed by atoms with van der Waals surface area (Å²) in [4.78, 5) is 63.2. The van der Waals surface area contributed by atoms with Gasteiger partial charge in [-0.3, -0.25) is 23.4 Å². The van der Waals surface area contributed by atoms with Crippen molar-refractivity contribution in [2.75, 3.05) is 26.4 Å². The third-order valence-corrected chi connectivity index (χ3v) is 15.1. The van der Waals surface area contributed by atoms with Crippen molar-refractivity contribution in [3.8, 4) is 23.0 Å². The molecule has 1 spiro atoms. The summed E-state index contributed by atoms with van der Waals surface area (Å²) in [7, 11) is -4.76. The molecular weight excluding hydrogens is 1010 g/mol. The number of fused-ring (bicyclic) bond motifs is 6. The second-order valence-corrected chi connectivity index (χ2v) is 22.1. The number of hydrogen-bond donors (Lipinski definition) is 4. The number of phosphoric acid groups is 1. The first-order valence-corrected chi connectivity index (χ1v) is 30.6. The first kappa shape index (κ1) is 63.4. The maximum absolute atomic E-state index is 13.5. The Labute approximate surface area is 463 Å². The molecule has 5 rings (SSSR count). The molecule has 0 radical (unpaired) electrons. The molecule has 2 aliphatic heterocycles. The second-order valence-electron chi connectivity index (χ2n) is 20.6. The number of phosphoric ester groups is 1. The molecule has 1 amide bonds. The van der Waals surface area contributed by atoms with E-state index in [2.05, 4.69) is 43.5 Å². The highest BCUT2D eigenvalue weighted by atomic mass is 31.2. The van der Waals surface area contributed by atoms with Gasteiger partial charge in [-0.25, -0.2) is 9.36 Å². The van der Waals surface area contributed by atoms with Crippen molar-refractivity contribution >= 4 is 31.6 Å². The van der Waals surface area contributed by atoms with Crippen LogP contribution in [0.5, 0.6) is 23.0 Å². The molecule has 2 aliphatic rings. The smallest absolute Gasteiger partial charge is 0.472 e. The van der Waals surface area contributed by atoms with E-state index in [-0.39, 0.29) is 60.1 Å². The van der Waals surface area contributed by atoms with Crippen LogP contribution in [0.25, 0.3) is 0 Å². The van der Waals surface area contributed by atoms with Crippen LogP contribution >= 0.6 is 7.82 Å². The van der Waals surface area contributed by atoms with Crippen LogP contribution in [0.2, 0.25) is 0 Å². The molecule has 16 heteroatoms. The number of allylic oxidation sites excluding steroid dienone is 4. The zero-order valence-corrected chi connectivity index (χ0v) is 47.4. The Bertz CT molecular complexity index is 2380. The molecule has 0 fully saturated rings. The van der Waals surface area contributed by atoms with Gasteiger partial charge in [0.05, 0.1) is 18.8 Å². The van der Waals surface area contributed by atoms with E-state index in [1.807, 2.05) is 0 Å². The minimum absolute atomic E-state index is 0.0847. The van der Waals surface area contributed by atoms with Gasteiger partial charge in [-0.1, -0.05) is 147 Å². The fourth-order valence-corrected chi connectivity index (χ4v) is 10.5. The van der Waals surface area contributed by atoms with E-state index < -0.39 is 56.6 Å². The van der Waals surface area contributed by atoms with E-state index in [9.17, 15) is 38.8 Å². The molecule has 15 nitrogen and oxygen atoms in total. The fourth-order valence-electron chi connectivity index (χ4n) is 9.79. The van der Waals surface area contributed by atoms with Gasteiger partial charge in [0.2, 0.25) is 0 Å². The maximum atomic E-state index is 13.5. The monoisotopic (exact) mass is 1100 g/mol. The number of phenols is 2. The van der Waals surface area contributed by atoms with Crippen LogP contribution in [-0.4, -0.2) is 71.4 Å². The Balaban J connectivity index is 1.05. The van der Waals surface area contributed by atoms with Gasteiger partial charge >= 0.3 is 25.7 Å². The van der Waals surface area contributed by atoms with Crippen LogP contribution in [0.3, 0.4) is 0 Å². The molecule has 0 saturated carbocycles. The third kappa shape index (κ3) is 21.6. The largest absolute Gasteiger partial charge is 0.508 e. The van der Waals surface area contributed by atoms with Crippen molar-refractivity contribution in [3.05, 3.63) is 107 Å². The quantitative estimate of drug-likeness (QED) is 0.0137. The molecule has 3 aromatic carbocycles. The number of esters is 3. The van der Waals surface area contributed by atoms with Crippen molar-refractivity contribution in [2.45, 2.75) is 205 Å². The molecule has 0 saturated heterocycles. The lowest BCUT2D eigenvalue weighted by Crippen LogP contribution is -2.33. The molecule has 430 valence electrons. The first-order chi connectivity index (χ1) is 37.9. The number of hydrogen-bond acceptors (Lipinski definition) is 13. The summed E-state index contributed by atoms with van der Waals surface area (Å²) in [5.41, 5.74) is -0.0443. The van der Waals surface area contributed by atoms with Gasteiger partial charge < -0.3 is 39.4 Å². The second kappa shape index (κ2) is 35.2. The average Bonchev–Trinajstić information content (AvgIpc) is 3.92. The molecule has 0 aliphatic carbocycles. The first-order valence-electron chi connectivity index (χ1n) is 29.1. The van der Waals surface area contributed by atoms with Crippen molar-refractivity contribution in [2.24, 2.45) is 0 Å². The summed E-state index contributed by atoms with van der Waals surface area (Å²) in [6.45, 7) is 2.83. The summed E-state index contributed by atoms with van der Waals surface area (Å²) in [6.07, 6.45) is 37.6. The van der Waals surface area contributed by atoms with Crippen molar-refractivity contribution in [3.63, 3.8) is 0 Å². The van der Waals surface area contributed by atoms with Gasteiger partial charge in [0, 0.05) is 53.8 Å². The number of carbonyl (C=O) groups excluding carboxylic acids is 4. The molecule has 0 bridgehead atoms. The van der Waals surface area contributed by atoms with Crippen molar-refractivity contribution in [1.29, 1.82) is 0 Å². The van der Waals surface area contributed by atoms with Gasteiger partial charge in [-0.2, -0.15) is 0 Å². The molecule has 2 heterocycles. The van der Waals surface area contributed by atoms with E-state index in [0.717, 1.165) is 77.0 Å². The maximum Gasteiger partial charge on any atom is 0.472 e. The highest BCUT2D eigenvalue weighted by Gasteiger charge is 2.54. The summed E-state index contributed by atoms with van der Waals surface area (Å²) < 4.78 is 46.6. The Morgan fingerprint density at radius 1 is 0.603 bits per heavy atom. The zero-order chi connectivity index (χ0) is 55.9. The summed E-state index contributed by atoms with van der Waals surface area (Å²) in [5, 5.41) is 23.0. The molecule has 3 aromatic rings. The van der Waals surface area contributed by atoms with E-state index in [1.54, 1.807) is 18.2 Å². The molecule has 0 aromatic heterocycles.